The summed E-state index contributed by atoms with van der Waals surface area (Å²) < 4.78 is 1.76. The minimum atomic E-state index is 0.249. The molecule has 0 unspecified atom stereocenters. The zero-order valence-electron chi connectivity index (χ0n) is 20.9. The predicted octanol–water partition coefficient (Wildman–Crippen LogP) is 7.45. The number of anilines is 3. The van der Waals surface area contributed by atoms with Crippen LogP contribution in [0.15, 0.2) is 128 Å². The smallest absolute Gasteiger partial charge is 0.131 e. The lowest BCUT2D eigenvalue weighted by molar-refractivity contribution is 1.16. The zero-order valence-corrected chi connectivity index (χ0v) is 20.9. The van der Waals surface area contributed by atoms with Crippen LogP contribution in [-0.4, -0.2) is 15.4 Å². The molecule has 2 aromatic heterocycles. The molecule has 38 heavy (non-hydrogen) atoms. The summed E-state index contributed by atoms with van der Waals surface area (Å²) in [6.45, 7) is 3.97. The first kappa shape index (κ1) is 23.3. The number of nitrogens with zero attached hydrogens (tertiary/aromatic N) is 3. The van der Waals surface area contributed by atoms with Crippen LogP contribution in [-0.2, 0) is 6.42 Å². The molecule has 3 N–H and O–H groups in total. The Morgan fingerprint density at radius 2 is 1.61 bits per heavy atom. The average Bonchev–Trinajstić information content (AvgIpc) is 3.47. The van der Waals surface area contributed by atoms with Crippen molar-refractivity contribution in [1.29, 1.82) is 5.41 Å². The third-order valence-corrected chi connectivity index (χ3v) is 6.88. The molecule has 0 amide bonds. The third kappa shape index (κ3) is 4.00. The molecule has 5 heteroatoms. The van der Waals surface area contributed by atoms with E-state index in [1.54, 1.807) is 22.9 Å². The predicted molar refractivity (Wildman–Crippen MR) is 159 cm³/mol. The summed E-state index contributed by atoms with van der Waals surface area (Å²) in [5, 5.41) is 9.01. The van der Waals surface area contributed by atoms with Crippen LogP contribution in [0.2, 0.25) is 0 Å². The van der Waals surface area contributed by atoms with Gasteiger partial charge in [-0.2, -0.15) is 0 Å². The van der Waals surface area contributed by atoms with Gasteiger partial charge in [0.1, 0.15) is 11.7 Å². The topological polar surface area (TPSA) is 70.9 Å². The van der Waals surface area contributed by atoms with Crippen LogP contribution in [0, 0.1) is 5.41 Å². The number of hydrogen-bond donors (Lipinski definition) is 2. The van der Waals surface area contributed by atoms with Gasteiger partial charge in [0.25, 0.3) is 0 Å². The van der Waals surface area contributed by atoms with Crippen LogP contribution in [0.25, 0.3) is 22.7 Å². The van der Waals surface area contributed by atoms with Crippen LogP contribution in [0.4, 0.5) is 17.2 Å². The summed E-state index contributed by atoms with van der Waals surface area (Å²) in [6, 6.07) is 32.6. The Morgan fingerprint density at radius 3 is 2.37 bits per heavy atom. The Labute approximate surface area is 222 Å². The SMILES string of the molecule is C=C/C(=C\C(=N)n1c(N)c(/C=C2\Cc3ccccc3N2c2ccccc2)c2ncccc21)c1ccccc1. The summed E-state index contributed by atoms with van der Waals surface area (Å²) >= 11 is 0. The van der Waals surface area contributed by atoms with Gasteiger partial charge in [-0.25, -0.2) is 0 Å². The molecule has 0 saturated heterocycles. The molecule has 0 radical (unpaired) electrons. The second kappa shape index (κ2) is 9.71. The van der Waals surface area contributed by atoms with Gasteiger partial charge >= 0.3 is 0 Å². The van der Waals surface area contributed by atoms with Crippen LogP contribution >= 0.6 is 0 Å². The molecule has 0 spiro atoms. The molecule has 0 bridgehead atoms. The van der Waals surface area contributed by atoms with Crippen molar-refractivity contribution in [3.05, 3.63) is 144 Å². The van der Waals surface area contributed by atoms with Crippen molar-refractivity contribution in [3.8, 4) is 0 Å². The lowest BCUT2D eigenvalue weighted by atomic mass is 10.1. The van der Waals surface area contributed by atoms with E-state index < -0.39 is 0 Å². The van der Waals surface area contributed by atoms with E-state index in [2.05, 4.69) is 54.0 Å². The Balaban J connectivity index is 1.50. The van der Waals surface area contributed by atoms with E-state index in [9.17, 15) is 0 Å². The third-order valence-electron chi connectivity index (χ3n) is 6.88. The molecule has 5 nitrogen and oxygen atoms in total. The highest BCUT2D eigenvalue weighted by Crippen LogP contribution is 2.42. The first-order chi connectivity index (χ1) is 18.7. The van der Waals surface area contributed by atoms with E-state index in [1.807, 2.05) is 60.7 Å². The van der Waals surface area contributed by atoms with Crippen LogP contribution < -0.4 is 10.6 Å². The largest absolute Gasteiger partial charge is 0.384 e. The average molecular weight is 494 g/mol. The number of rotatable bonds is 5. The number of nitrogen functional groups attached to an aromatic ring is 1. The number of nitrogens with two attached hydrogens (primary N) is 1. The fourth-order valence-corrected chi connectivity index (χ4v) is 5.13. The molecule has 3 aromatic carbocycles. The highest BCUT2D eigenvalue weighted by molar-refractivity contribution is 6.09. The van der Waals surface area contributed by atoms with Gasteiger partial charge in [-0.05, 0) is 59.2 Å². The van der Waals surface area contributed by atoms with E-state index in [0.29, 0.717) is 5.82 Å². The van der Waals surface area contributed by atoms with Crippen molar-refractivity contribution in [3.63, 3.8) is 0 Å². The summed E-state index contributed by atoms with van der Waals surface area (Å²) in [6.07, 6.45) is 8.22. The first-order valence-electron chi connectivity index (χ1n) is 12.5. The van der Waals surface area contributed by atoms with Gasteiger partial charge in [0, 0.05) is 35.3 Å². The lowest BCUT2D eigenvalue weighted by Crippen LogP contribution is -2.13. The van der Waals surface area contributed by atoms with Crippen molar-refractivity contribution in [2.45, 2.75) is 6.42 Å². The van der Waals surface area contributed by atoms with Gasteiger partial charge in [0.2, 0.25) is 0 Å². The molecule has 184 valence electrons. The molecule has 0 saturated carbocycles. The second-order valence-electron chi connectivity index (χ2n) is 9.17. The molecule has 0 fully saturated rings. The Morgan fingerprint density at radius 1 is 0.895 bits per heavy atom. The molecule has 5 aromatic rings. The highest BCUT2D eigenvalue weighted by Gasteiger charge is 2.26. The van der Waals surface area contributed by atoms with Crippen molar-refractivity contribution < 1.29 is 0 Å². The van der Waals surface area contributed by atoms with E-state index >= 15 is 0 Å². The van der Waals surface area contributed by atoms with E-state index in [1.165, 1.54) is 5.56 Å². The molecule has 6 rings (SSSR count). The van der Waals surface area contributed by atoms with Gasteiger partial charge in [-0.3, -0.25) is 15.0 Å². The van der Waals surface area contributed by atoms with Crippen LogP contribution in [0.1, 0.15) is 16.7 Å². The zero-order chi connectivity index (χ0) is 26.1. The number of hydrogen-bond acceptors (Lipinski definition) is 4. The summed E-state index contributed by atoms with van der Waals surface area (Å²) in [5.41, 5.74) is 15.6. The fourth-order valence-electron chi connectivity index (χ4n) is 5.13. The lowest BCUT2D eigenvalue weighted by Gasteiger charge is -2.22. The molecule has 3 heterocycles. The van der Waals surface area contributed by atoms with Crippen LogP contribution in [0.3, 0.4) is 0 Å². The summed E-state index contributed by atoms with van der Waals surface area (Å²) in [7, 11) is 0. The van der Waals surface area contributed by atoms with Crippen LogP contribution in [0.5, 0.6) is 0 Å². The maximum absolute atomic E-state index is 9.01. The monoisotopic (exact) mass is 493 g/mol. The number of aromatic nitrogens is 2. The number of para-hydroxylation sites is 2. The summed E-state index contributed by atoms with van der Waals surface area (Å²) in [4.78, 5) is 6.97. The van der Waals surface area contributed by atoms with Crippen molar-refractivity contribution in [1.82, 2.24) is 9.55 Å². The standard InChI is InChI=1S/C33H27N5/c1-2-23(24-12-5-3-6-13-24)21-31(34)38-30-18-11-19-36-32(30)28(33(38)35)22-27-20-25-14-9-10-17-29(25)37(27)26-15-7-4-8-16-26/h2-19,21-22,34H,1,20,35H2/b23-21+,27-22+,34-31?. The number of allylic oxidation sites excluding steroid dienone is 4. The highest BCUT2D eigenvalue weighted by atomic mass is 15.2. The second-order valence-corrected chi connectivity index (χ2v) is 9.17. The van der Waals surface area contributed by atoms with Gasteiger partial charge < -0.3 is 10.6 Å². The Kier molecular flexibility index (Phi) is 5.94. The van der Waals surface area contributed by atoms with E-state index in [-0.39, 0.29) is 5.84 Å². The Hall–Kier alpha value is -5.16. The van der Waals surface area contributed by atoms with Gasteiger partial charge in [0.05, 0.1) is 11.0 Å². The number of benzene rings is 3. The quantitative estimate of drug-likeness (QED) is 0.152. The number of pyridine rings is 1. The fraction of sp³-hybridized carbons (Fsp3) is 0.0303. The maximum atomic E-state index is 9.01. The molecule has 0 aliphatic carbocycles. The number of nitrogens with one attached hydrogen (secondary N) is 1. The van der Waals surface area contributed by atoms with E-state index in [0.717, 1.165) is 51.2 Å². The number of fused-ring (bicyclic) bond motifs is 2. The van der Waals surface area contributed by atoms with Crippen molar-refractivity contribution >= 4 is 45.7 Å². The van der Waals surface area contributed by atoms with Crippen molar-refractivity contribution in [2.24, 2.45) is 0 Å². The maximum Gasteiger partial charge on any atom is 0.131 e. The molecule has 1 aliphatic rings. The minimum absolute atomic E-state index is 0.249. The molecule has 0 atom stereocenters. The Bertz CT molecular complexity index is 1730. The normalized spacial score (nSPS) is 14.2. The first-order valence-corrected chi connectivity index (χ1v) is 12.5. The molecular weight excluding hydrogens is 466 g/mol. The van der Waals surface area contributed by atoms with Crippen molar-refractivity contribution in [2.75, 3.05) is 10.6 Å². The summed E-state index contributed by atoms with van der Waals surface area (Å²) in [5.74, 6) is 0.728. The van der Waals surface area contributed by atoms with Gasteiger partial charge in [-0.15, -0.1) is 0 Å². The van der Waals surface area contributed by atoms with Gasteiger partial charge in [-0.1, -0.05) is 79.4 Å². The minimum Gasteiger partial charge on any atom is -0.384 e. The molecular formula is C33H27N5. The van der Waals surface area contributed by atoms with Gasteiger partial charge in [0.15, 0.2) is 0 Å². The molecule has 1 aliphatic heterocycles. The van der Waals surface area contributed by atoms with E-state index in [4.69, 9.17) is 16.1 Å².